The van der Waals surface area contributed by atoms with Gasteiger partial charge in [-0.05, 0) is 32.6 Å². The molecule has 0 heterocycles. The number of aliphatic carboxylic acids is 1. The van der Waals surface area contributed by atoms with Gasteiger partial charge in [0.2, 0.25) is 5.91 Å². The van der Waals surface area contributed by atoms with Crippen molar-refractivity contribution in [1.29, 1.82) is 0 Å². The fraction of sp³-hybridized carbons (Fsp3) is 0.769. The molecule has 0 aliphatic heterocycles. The first-order valence-electron chi connectivity index (χ1n) is 7.01. The van der Waals surface area contributed by atoms with Crippen molar-refractivity contribution >= 4 is 17.9 Å². The highest BCUT2D eigenvalue weighted by Crippen LogP contribution is 2.25. The Morgan fingerprint density at radius 1 is 1.30 bits per heavy atom. The predicted octanol–water partition coefficient (Wildman–Crippen LogP) is 0.454. The molecule has 0 aromatic heterocycles. The van der Waals surface area contributed by atoms with E-state index >= 15 is 0 Å². The topological polar surface area (TPSA) is 108 Å². The van der Waals surface area contributed by atoms with Crippen LogP contribution >= 0.6 is 0 Å². The van der Waals surface area contributed by atoms with Crippen LogP contribution in [-0.4, -0.2) is 41.6 Å². The van der Waals surface area contributed by atoms with Gasteiger partial charge in [0.15, 0.2) is 0 Å². The van der Waals surface area contributed by atoms with Crippen LogP contribution in [0.25, 0.3) is 0 Å². The summed E-state index contributed by atoms with van der Waals surface area (Å²) in [4.78, 5) is 34.1. The molecule has 1 saturated carbocycles. The van der Waals surface area contributed by atoms with E-state index in [4.69, 9.17) is 5.11 Å². The van der Waals surface area contributed by atoms with Crippen LogP contribution < -0.4 is 16.0 Å². The monoisotopic (exact) mass is 285 g/mol. The molecule has 1 aliphatic carbocycles. The van der Waals surface area contributed by atoms with E-state index in [9.17, 15) is 14.4 Å². The lowest BCUT2D eigenvalue weighted by Gasteiger charge is -2.17. The predicted molar refractivity (Wildman–Crippen MR) is 73.2 cm³/mol. The summed E-state index contributed by atoms with van der Waals surface area (Å²) in [6.45, 7) is 4.14. The molecule has 0 bridgehead atoms. The van der Waals surface area contributed by atoms with Gasteiger partial charge in [-0.3, -0.25) is 9.59 Å². The smallest absolute Gasteiger partial charge is 0.315 e. The van der Waals surface area contributed by atoms with Gasteiger partial charge < -0.3 is 21.1 Å². The lowest BCUT2D eigenvalue weighted by atomic mass is 10.1. The van der Waals surface area contributed by atoms with Gasteiger partial charge in [-0.15, -0.1) is 0 Å². The Bertz CT molecular complexity index is 373. The van der Waals surface area contributed by atoms with E-state index in [0.717, 1.165) is 6.42 Å². The summed E-state index contributed by atoms with van der Waals surface area (Å²) < 4.78 is 0. The lowest BCUT2D eigenvalue weighted by Crippen LogP contribution is -2.50. The summed E-state index contributed by atoms with van der Waals surface area (Å²) in [5.41, 5.74) is 0. The van der Waals surface area contributed by atoms with Crippen LogP contribution in [0.15, 0.2) is 0 Å². The third-order valence-electron chi connectivity index (χ3n) is 3.41. The first-order chi connectivity index (χ1) is 9.43. The van der Waals surface area contributed by atoms with E-state index in [1.807, 2.05) is 6.92 Å². The minimum Gasteiger partial charge on any atom is -0.481 e. The average molecular weight is 285 g/mol. The highest BCUT2D eigenvalue weighted by molar-refractivity contribution is 5.86. The quantitative estimate of drug-likeness (QED) is 0.568. The van der Waals surface area contributed by atoms with Crippen molar-refractivity contribution in [2.75, 3.05) is 6.54 Å². The molecule has 7 heteroatoms. The molecule has 1 aliphatic rings. The summed E-state index contributed by atoms with van der Waals surface area (Å²) in [6.07, 6.45) is 2.51. The number of urea groups is 1. The Balaban J connectivity index is 2.30. The van der Waals surface area contributed by atoms with Crippen LogP contribution in [0, 0.1) is 5.92 Å². The van der Waals surface area contributed by atoms with Crippen LogP contribution in [0.2, 0.25) is 0 Å². The molecule has 0 saturated heterocycles. The second-order valence-corrected chi connectivity index (χ2v) is 5.18. The van der Waals surface area contributed by atoms with Crippen LogP contribution in [0.4, 0.5) is 4.79 Å². The van der Waals surface area contributed by atoms with E-state index in [0.29, 0.717) is 25.8 Å². The number of carboxylic acid groups (broad SMARTS) is 1. The summed E-state index contributed by atoms with van der Waals surface area (Å²) in [6, 6.07) is -1.18. The second-order valence-electron chi connectivity index (χ2n) is 5.18. The Kier molecular flexibility index (Phi) is 6.27. The van der Waals surface area contributed by atoms with E-state index in [1.54, 1.807) is 6.92 Å². The molecule has 0 aromatic rings. The number of carbonyl (C=O) groups is 3. The fourth-order valence-electron chi connectivity index (χ4n) is 2.23. The van der Waals surface area contributed by atoms with Crippen LogP contribution in [0.5, 0.6) is 0 Å². The molecule has 20 heavy (non-hydrogen) atoms. The highest BCUT2D eigenvalue weighted by atomic mass is 16.4. The molecule has 0 radical (unpaired) electrons. The first kappa shape index (κ1) is 16.3. The lowest BCUT2D eigenvalue weighted by molar-refractivity contribution is -0.141. The molecule has 1 rings (SSSR count). The van der Waals surface area contributed by atoms with E-state index in [-0.39, 0.29) is 17.9 Å². The zero-order valence-electron chi connectivity index (χ0n) is 11.9. The van der Waals surface area contributed by atoms with Crippen LogP contribution in [0.1, 0.15) is 39.5 Å². The number of carboxylic acids is 1. The SMILES string of the molecule is CCCNC(=O)C(C)NC(=O)NC1CCC(C(=O)O)C1. The van der Waals surface area contributed by atoms with Gasteiger partial charge in [-0.25, -0.2) is 4.79 Å². The number of nitrogens with one attached hydrogen (secondary N) is 3. The summed E-state index contributed by atoms with van der Waals surface area (Å²) in [7, 11) is 0. The number of hydrogen-bond donors (Lipinski definition) is 4. The molecule has 0 spiro atoms. The summed E-state index contributed by atoms with van der Waals surface area (Å²) in [5, 5.41) is 16.8. The Labute approximate surface area is 118 Å². The van der Waals surface area contributed by atoms with Crippen molar-refractivity contribution < 1.29 is 19.5 Å². The van der Waals surface area contributed by atoms with Gasteiger partial charge in [-0.1, -0.05) is 6.92 Å². The van der Waals surface area contributed by atoms with Gasteiger partial charge in [0.25, 0.3) is 0 Å². The standard InChI is InChI=1S/C13H23N3O4/c1-3-6-14-11(17)8(2)15-13(20)16-10-5-4-9(7-10)12(18)19/h8-10H,3-7H2,1-2H3,(H,14,17)(H,18,19)(H2,15,16,20). The minimum absolute atomic E-state index is 0.137. The highest BCUT2D eigenvalue weighted by Gasteiger charge is 2.30. The van der Waals surface area contributed by atoms with Crippen molar-refractivity contribution in [3.05, 3.63) is 0 Å². The van der Waals surface area contributed by atoms with E-state index in [2.05, 4.69) is 16.0 Å². The summed E-state index contributed by atoms with van der Waals surface area (Å²) >= 11 is 0. The third-order valence-corrected chi connectivity index (χ3v) is 3.41. The van der Waals surface area contributed by atoms with E-state index in [1.165, 1.54) is 0 Å². The van der Waals surface area contributed by atoms with Crippen molar-refractivity contribution in [3.63, 3.8) is 0 Å². The number of hydrogen-bond acceptors (Lipinski definition) is 3. The molecule has 7 nitrogen and oxygen atoms in total. The normalized spacial score (nSPS) is 22.9. The Hall–Kier alpha value is -1.79. The molecule has 3 amide bonds. The van der Waals surface area contributed by atoms with E-state index < -0.39 is 18.0 Å². The van der Waals surface area contributed by atoms with Gasteiger partial charge in [0.05, 0.1) is 5.92 Å². The zero-order valence-corrected chi connectivity index (χ0v) is 11.9. The largest absolute Gasteiger partial charge is 0.481 e. The van der Waals surface area contributed by atoms with Gasteiger partial charge in [0, 0.05) is 12.6 Å². The number of rotatable bonds is 6. The Morgan fingerprint density at radius 3 is 2.55 bits per heavy atom. The molecular weight excluding hydrogens is 262 g/mol. The number of amides is 3. The zero-order chi connectivity index (χ0) is 15.1. The minimum atomic E-state index is -0.818. The van der Waals surface area contributed by atoms with Crippen molar-refractivity contribution in [1.82, 2.24) is 16.0 Å². The van der Waals surface area contributed by atoms with Crippen molar-refractivity contribution in [3.8, 4) is 0 Å². The molecule has 4 N–H and O–H groups in total. The van der Waals surface area contributed by atoms with Crippen molar-refractivity contribution in [2.24, 2.45) is 5.92 Å². The molecule has 3 atom stereocenters. The first-order valence-corrected chi connectivity index (χ1v) is 7.01. The molecule has 1 fully saturated rings. The molecule has 0 aromatic carbocycles. The molecular formula is C13H23N3O4. The maximum Gasteiger partial charge on any atom is 0.315 e. The molecule has 114 valence electrons. The molecule has 3 unspecified atom stereocenters. The number of carbonyl (C=O) groups excluding carboxylic acids is 2. The average Bonchev–Trinajstić information content (AvgIpc) is 2.84. The summed E-state index contributed by atoms with van der Waals surface area (Å²) in [5.74, 6) is -1.43. The third kappa shape index (κ3) is 5.07. The van der Waals surface area contributed by atoms with Gasteiger partial charge in [0.1, 0.15) is 6.04 Å². The Morgan fingerprint density at radius 2 is 2.00 bits per heavy atom. The van der Waals surface area contributed by atoms with Gasteiger partial charge in [-0.2, -0.15) is 0 Å². The fourth-order valence-corrected chi connectivity index (χ4v) is 2.23. The second kappa shape index (κ2) is 7.72. The van der Waals surface area contributed by atoms with Crippen LogP contribution in [-0.2, 0) is 9.59 Å². The maximum atomic E-state index is 11.7. The van der Waals surface area contributed by atoms with Crippen molar-refractivity contribution in [2.45, 2.75) is 51.6 Å². The van der Waals surface area contributed by atoms with Crippen LogP contribution in [0.3, 0.4) is 0 Å². The van der Waals surface area contributed by atoms with Gasteiger partial charge >= 0.3 is 12.0 Å². The maximum absolute atomic E-state index is 11.7.